The van der Waals surface area contributed by atoms with Crippen molar-refractivity contribution in [3.05, 3.63) is 36.5 Å². The number of aromatic nitrogens is 1. The van der Waals surface area contributed by atoms with Crippen molar-refractivity contribution >= 4 is 16.9 Å². The summed E-state index contributed by atoms with van der Waals surface area (Å²) in [5.74, 6) is 0. The molecule has 0 fully saturated rings. The second-order valence-corrected chi connectivity index (χ2v) is 4.91. The molecule has 2 amide bonds. The zero-order chi connectivity index (χ0) is 14.4. The molecule has 1 heterocycles. The second-order valence-electron chi connectivity index (χ2n) is 4.91. The summed E-state index contributed by atoms with van der Waals surface area (Å²) in [5, 5.41) is 15.5. The number of urea groups is 1. The zero-order valence-corrected chi connectivity index (χ0v) is 11.7. The first-order valence-electron chi connectivity index (χ1n) is 6.90. The van der Waals surface area contributed by atoms with E-state index in [0.29, 0.717) is 6.54 Å². The SMILES string of the molecule is CC(CO)NC(=O)NCCCn1ccc2ccccc21. The van der Waals surface area contributed by atoms with Crippen molar-refractivity contribution in [1.29, 1.82) is 0 Å². The molecule has 1 aromatic heterocycles. The van der Waals surface area contributed by atoms with Crippen molar-refractivity contribution in [3.63, 3.8) is 0 Å². The van der Waals surface area contributed by atoms with Gasteiger partial charge in [-0.2, -0.15) is 0 Å². The molecule has 0 saturated carbocycles. The standard InChI is InChI=1S/C15H21N3O2/c1-12(11-19)17-15(20)16-8-4-9-18-10-7-13-5-2-3-6-14(13)18/h2-3,5-7,10,12,19H,4,8-9,11H2,1H3,(H2,16,17,20). The van der Waals surface area contributed by atoms with Crippen LogP contribution in [0.25, 0.3) is 10.9 Å². The van der Waals surface area contributed by atoms with E-state index in [1.807, 2.05) is 12.1 Å². The number of fused-ring (bicyclic) bond motifs is 1. The Morgan fingerprint density at radius 2 is 2.15 bits per heavy atom. The lowest BCUT2D eigenvalue weighted by Crippen LogP contribution is -2.42. The first-order valence-corrected chi connectivity index (χ1v) is 6.90. The number of aliphatic hydroxyl groups excluding tert-OH is 1. The molecule has 0 bridgehead atoms. The molecular weight excluding hydrogens is 254 g/mol. The van der Waals surface area contributed by atoms with Gasteiger partial charge in [0.1, 0.15) is 0 Å². The lowest BCUT2D eigenvalue weighted by atomic mass is 10.2. The van der Waals surface area contributed by atoms with Gasteiger partial charge in [-0.3, -0.25) is 0 Å². The molecule has 5 heteroatoms. The van der Waals surface area contributed by atoms with Gasteiger partial charge in [-0.1, -0.05) is 18.2 Å². The molecule has 1 atom stereocenters. The Kier molecular flexibility index (Phi) is 5.01. The number of hydrogen-bond acceptors (Lipinski definition) is 2. The number of aliphatic hydroxyl groups is 1. The van der Waals surface area contributed by atoms with E-state index in [-0.39, 0.29) is 18.7 Å². The molecule has 1 unspecified atom stereocenters. The Labute approximate surface area is 118 Å². The number of carbonyl (C=O) groups excluding carboxylic acids is 1. The van der Waals surface area contributed by atoms with E-state index in [1.165, 1.54) is 10.9 Å². The van der Waals surface area contributed by atoms with Crippen molar-refractivity contribution in [1.82, 2.24) is 15.2 Å². The Morgan fingerprint density at radius 3 is 2.95 bits per heavy atom. The molecule has 0 radical (unpaired) electrons. The number of hydrogen-bond donors (Lipinski definition) is 3. The molecule has 0 spiro atoms. The number of rotatable bonds is 6. The normalized spacial score (nSPS) is 12.3. The molecule has 1 aromatic carbocycles. The number of nitrogens with one attached hydrogen (secondary N) is 2. The van der Waals surface area contributed by atoms with Gasteiger partial charge in [-0.05, 0) is 30.9 Å². The number of carbonyl (C=O) groups is 1. The molecular formula is C15H21N3O2. The third-order valence-corrected chi connectivity index (χ3v) is 3.19. The first-order chi connectivity index (χ1) is 9.70. The monoisotopic (exact) mass is 275 g/mol. The van der Waals surface area contributed by atoms with E-state index in [2.05, 4.69) is 39.6 Å². The summed E-state index contributed by atoms with van der Waals surface area (Å²) in [6.07, 6.45) is 2.93. The quantitative estimate of drug-likeness (QED) is 0.703. The van der Waals surface area contributed by atoms with Gasteiger partial charge in [-0.15, -0.1) is 0 Å². The minimum Gasteiger partial charge on any atom is -0.394 e. The lowest BCUT2D eigenvalue weighted by molar-refractivity contribution is 0.220. The Morgan fingerprint density at radius 1 is 1.35 bits per heavy atom. The minimum absolute atomic E-state index is 0.0528. The smallest absolute Gasteiger partial charge is 0.315 e. The maximum atomic E-state index is 11.4. The van der Waals surface area contributed by atoms with E-state index in [1.54, 1.807) is 6.92 Å². The summed E-state index contributed by atoms with van der Waals surface area (Å²) in [4.78, 5) is 11.4. The highest BCUT2D eigenvalue weighted by atomic mass is 16.3. The molecule has 0 aliphatic carbocycles. The van der Waals surface area contributed by atoms with Crippen LogP contribution < -0.4 is 10.6 Å². The summed E-state index contributed by atoms with van der Waals surface area (Å²) in [5.41, 5.74) is 1.21. The van der Waals surface area contributed by atoms with Crippen LogP contribution in [0.3, 0.4) is 0 Å². The van der Waals surface area contributed by atoms with Crippen LogP contribution >= 0.6 is 0 Å². The number of amides is 2. The average Bonchev–Trinajstić information content (AvgIpc) is 2.87. The average molecular weight is 275 g/mol. The molecule has 5 nitrogen and oxygen atoms in total. The fourth-order valence-corrected chi connectivity index (χ4v) is 2.11. The van der Waals surface area contributed by atoms with E-state index >= 15 is 0 Å². The third kappa shape index (κ3) is 3.74. The van der Waals surface area contributed by atoms with Gasteiger partial charge in [0.25, 0.3) is 0 Å². The van der Waals surface area contributed by atoms with Crippen molar-refractivity contribution < 1.29 is 9.90 Å². The molecule has 2 aromatic rings. The van der Waals surface area contributed by atoms with Gasteiger partial charge in [0.05, 0.1) is 12.6 Å². The fourth-order valence-electron chi connectivity index (χ4n) is 2.11. The van der Waals surface area contributed by atoms with Gasteiger partial charge in [-0.25, -0.2) is 4.79 Å². The largest absolute Gasteiger partial charge is 0.394 e. The Hall–Kier alpha value is -2.01. The van der Waals surface area contributed by atoms with Crippen molar-refractivity contribution in [2.75, 3.05) is 13.2 Å². The van der Waals surface area contributed by atoms with Crippen LogP contribution in [0.2, 0.25) is 0 Å². The summed E-state index contributed by atoms with van der Waals surface area (Å²) in [6.45, 7) is 3.17. The van der Waals surface area contributed by atoms with E-state index in [4.69, 9.17) is 5.11 Å². The highest BCUT2D eigenvalue weighted by Crippen LogP contribution is 2.15. The maximum Gasteiger partial charge on any atom is 0.315 e. The molecule has 0 aliphatic heterocycles. The molecule has 0 aliphatic rings. The molecule has 20 heavy (non-hydrogen) atoms. The molecule has 3 N–H and O–H groups in total. The van der Waals surface area contributed by atoms with Gasteiger partial charge < -0.3 is 20.3 Å². The van der Waals surface area contributed by atoms with Crippen LogP contribution in [0.4, 0.5) is 4.79 Å². The zero-order valence-electron chi connectivity index (χ0n) is 11.7. The van der Waals surface area contributed by atoms with Gasteiger partial charge in [0.15, 0.2) is 0 Å². The molecule has 2 rings (SSSR count). The first kappa shape index (κ1) is 14.4. The summed E-state index contributed by atoms with van der Waals surface area (Å²) in [6, 6.07) is 9.89. The summed E-state index contributed by atoms with van der Waals surface area (Å²) >= 11 is 0. The highest BCUT2D eigenvalue weighted by Gasteiger charge is 2.04. The van der Waals surface area contributed by atoms with Crippen LogP contribution in [-0.2, 0) is 6.54 Å². The number of para-hydroxylation sites is 1. The summed E-state index contributed by atoms with van der Waals surface area (Å²) in [7, 11) is 0. The number of aryl methyl sites for hydroxylation is 1. The number of nitrogens with zero attached hydrogens (tertiary/aromatic N) is 1. The van der Waals surface area contributed by atoms with Gasteiger partial charge in [0.2, 0.25) is 0 Å². The van der Waals surface area contributed by atoms with Crippen LogP contribution in [0.5, 0.6) is 0 Å². The molecule has 0 saturated heterocycles. The van der Waals surface area contributed by atoms with Gasteiger partial charge >= 0.3 is 6.03 Å². The topological polar surface area (TPSA) is 66.3 Å². The van der Waals surface area contributed by atoms with E-state index in [0.717, 1.165) is 13.0 Å². The summed E-state index contributed by atoms with van der Waals surface area (Å²) < 4.78 is 2.19. The van der Waals surface area contributed by atoms with Crippen molar-refractivity contribution in [3.8, 4) is 0 Å². The Bertz CT molecular complexity index is 565. The van der Waals surface area contributed by atoms with Crippen LogP contribution in [0.1, 0.15) is 13.3 Å². The third-order valence-electron chi connectivity index (χ3n) is 3.19. The van der Waals surface area contributed by atoms with Gasteiger partial charge in [0, 0.05) is 24.8 Å². The second kappa shape index (κ2) is 6.96. The lowest BCUT2D eigenvalue weighted by Gasteiger charge is -2.12. The minimum atomic E-state index is -0.232. The van der Waals surface area contributed by atoms with Crippen LogP contribution in [0, 0.1) is 0 Å². The van der Waals surface area contributed by atoms with Crippen molar-refractivity contribution in [2.24, 2.45) is 0 Å². The van der Waals surface area contributed by atoms with E-state index in [9.17, 15) is 4.79 Å². The van der Waals surface area contributed by atoms with Crippen LogP contribution in [-0.4, -0.2) is 34.9 Å². The van der Waals surface area contributed by atoms with Crippen LogP contribution in [0.15, 0.2) is 36.5 Å². The van der Waals surface area contributed by atoms with E-state index < -0.39 is 0 Å². The fraction of sp³-hybridized carbons (Fsp3) is 0.400. The Balaban J connectivity index is 1.75. The molecule has 108 valence electrons. The predicted octanol–water partition coefficient (Wildman–Crippen LogP) is 1.71. The predicted molar refractivity (Wildman–Crippen MR) is 79.6 cm³/mol. The maximum absolute atomic E-state index is 11.4. The highest BCUT2D eigenvalue weighted by molar-refractivity contribution is 5.79. The number of benzene rings is 1. The van der Waals surface area contributed by atoms with Crippen molar-refractivity contribution in [2.45, 2.75) is 25.9 Å².